The molecule has 4 atom stereocenters. The van der Waals surface area contributed by atoms with Gasteiger partial charge >= 0.3 is 5.97 Å². The van der Waals surface area contributed by atoms with Gasteiger partial charge in [0.25, 0.3) is 0 Å². The predicted octanol–water partition coefficient (Wildman–Crippen LogP) is -0.302. The van der Waals surface area contributed by atoms with Crippen molar-refractivity contribution in [2.45, 2.75) is 31.2 Å². The Labute approximate surface area is 70.5 Å². The summed E-state index contributed by atoms with van der Waals surface area (Å²) in [6.07, 6.45) is 0.882. The van der Waals surface area contributed by atoms with Crippen LogP contribution in [0, 0.1) is 5.92 Å². The zero-order valence-corrected chi connectivity index (χ0v) is 6.90. The second kappa shape index (κ2) is 2.71. The number of epoxide rings is 1. The lowest BCUT2D eigenvalue weighted by Gasteiger charge is -2.14. The molecule has 1 saturated heterocycles. The average molecular weight is 172 g/mol. The van der Waals surface area contributed by atoms with Gasteiger partial charge in [-0.15, -0.1) is 0 Å². The Kier molecular flexibility index (Phi) is 1.81. The highest BCUT2D eigenvalue weighted by molar-refractivity contribution is 5.69. The van der Waals surface area contributed by atoms with Crippen LogP contribution in [0.15, 0.2) is 0 Å². The van der Waals surface area contributed by atoms with E-state index >= 15 is 0 Å². The molecule has 1 heterocycles. The van der Waals surface area contributed by atoms with Gasteiger partial charge in [0.15, 0.2) is 0 Å². The predicted molar refractivity (Wildman–Crippen MR) is 39.4 cm³/mol. The smallest absolute Gasteiger partial charge is 0.305 e. The van der Waals surface area contributed by atoms with Crippen LogP contribution in [0.5, 0.6) is 0 Å². The number of rotatable bonds is 2. The molecule has 2 fully saturated rings. The summed E-state index contributed by atoms with van der Waals surface area (Å²) in [5.41, 5.74) is 0. The number of esters is 1. The third-order valence-corrected chi connectivity index (χ3v) is 2.64. The third-order valence-electron chi connectivity index (χ3n) is 2.64. The number of hydrogen-bond donors (Lipinski definition) is 1. The summed E-state index contributed by atoms with van der Waals surface area (Å²) in [7, 11) is 1.36. The molecule has 0 spiro atoms. The number of hydrogen-bond acceptors (Lipinski definition) is 4. The fourth-order valence-corrected chi connectivity index (χ4v) is 1.88. The molecule has 0 unspecified atom stereocenters. The number of carbonyl (C=O) groups is 1. The molecule has 0 bridgehead atoms. The molecule has 0 aromatic rings. The van der Waals surface area contributed by atoms with Crippen LogP contribution < -0.4 is 0 Å². The van der Waals surface area contributed by atoms with Crippen LogP contribution in [0.4, 0.5) is 0 Å². The second-order valence-corrected chi connectivity index (χ2v) is 3.39. The van der Waals surface area contributed by atoms with E-state index in [0.717, 1.165) is 0 Å². The lowest BCUT2D eigenvalue weighted by atomic mass is 10.0. The highest BCUT2D eigenvalue weighted by Crippen LogP contribution is 2.44. The van der Waals surface area contributed by atoms with Gasteiger partial charge in [0.05, 0.1) is 31.8 Å². The fourth-order valence-electron chi connectivity index (χ4n) is 1.88. The molecule has 4 heteroatoms. The first-order chi connectivity index (χ1) is 5.72. The quantitative estimate of drug-likeness (QED) is 0.459. The maximum atomic E-state index is 10.9. The van der Waals surface area contributed by atoms with Gasteiger partial charge in [-0.05, 0) is 0 Å². The van der Waals surface area contributed by atoms with Crippen molar-refractivity contribution in [3.8, 4) is 0 Å². The van der Waals surface area contributed by atoms with Gasteiger partial charge in [-0.2, -0.15) is 0 Å². The largest absolute Gasteiger partial charge is 0.469 e. The SMILES string of the molecule is COC(=O)C[C@H]1[C@H]2O[C@H]2C[C@H]1O. The molecule has 0 aromatic heterocycles. The Morgan fingerprint density at radius 1 is 1.75 bits per heavy atom. The van der Waals surface area contributed by atoms with Gasteiger partial charge in [-0.25, -0.2) is 0 Å². The lowest BCUT2D eigenvalue weighted by molar-refractivity contribution is -0.143. The summed E-state index contributed by atoms with van der Waals surface area (Å²) in [5.74, 6) is -0.308. The van der Waals surface area contributed by atoms with E-state index < -0.39 is 0 Å². The Bertz CT molecular complexity index is 201. The van der Waals surface area contributed by atoms with Gasteiger partial charge in [0.2, 0.25) is 0 Å². The van der Waals surface area contributed by atoms with Crippen LogP contribution in [0.3, 0.4) is 0 Å². The van der Waals surface area contributed by atoms with Gasteiger partial charge in [0.1, 0.15) is 0 Å². The van der Waals surface area contributed by atoms with Crippen molar-refractivity contribution in [1.82, 2.24) is 0 Å². The summed E-state index contributed by atoms with van der Waals surface area (Å²) in [6, 6.07) is 0. The Morgan fingerprint density at radius 2 is 2.50 bits per heavy atom. The molecule has 0 radical (unpaired) electrons. The van der Waals surface area contributed by atoms with Crippen LogP contribution in [-0.4, -0.2) is 36.5 Å². The first-order valence-electron chi connectivity index (χ1n) is 4.12. The molecular weight excluding hydrogens is 160 g/mol. The molecule has 1 N–H and O–H groups in total. The molecule has 0 aromatic carbocycles. The monoisotopic (exact) mass is 172 g/mol. The van der Waals surface area contributed by atoms with Crippen LogP contribution in [0.2, 0.25) is 0 Å². The second-order valence-electron chi connectivity index (χ2n) is 3.39. The minimum Gasteiger partial charge on any atom is -0.469 e. The summed E-state index contributed by atoms with van der Waals surface area (Å²) in [4.78, 5) is 10.9. The zero-order chi connectivity index (χ0) is 8.72. The molecule has 2 aliphatic rings. The number of fused-ring (bicyclic) bond motifs is 1. The molecule has 1 aliphatic carbocycles. The maximum Gasteiger partial charge on any atom is 0.305 e. The van der Waals surface area contributed by atoms with Crippen molar-refractivity contribution in [1.29, 1.82) is 0 Å². The topological polar surface area (TPSA) is 59.1 Å². The Balaban J connectivity index is 1.90. The highest BCUT2D eigenvalue weighted by atomic mass is 16.6. The molecule has 0 amide bonds. The van der Waals surface area contributed by atoms with Gasteiger partial charge < -0.3 is 14.6 Å². The Morgan fingerprint density at radius 3 is 3.00 bits per heavy atom. The van der Waals surface area contributed by atoms with E-state index in [9.17, 15) is 9.90 Å². The van der Waals surface area contributed by atoms with Crippen molar-refractivity contribution in [3.63, 3.8) is 0 Å². The molecule has 1 aliphatic heterocycles. The van der Waals surface area contributed by atoms with E-state index in [1.807, 2.05) is 0 Å². The number of carbonyl (C=O) groups excluding carboxylic acids is 1. The van der Waals surface area contributed by atoms with E-state index in [2.05, 4.69) is 4.74 Å². The lowest BCUT2D eigenvalue weighted by Crippen LogP contribution is -2.23. The zero-order valence-electron chi connectivity index (χ0n) is 6.90. The van der Waals surface area contributed by atoms with Crippen molar-refractivity contribution >= 4 is 5.97 Å². The van der Waals surface area contributed by atoms with E-state index in [-0.39, 0.29) is 36.6 Å². The number of ether oxygens (including phenoxy) is 2. The molecule has 2 rings (SSSR count). The summed E-state index contributed by atoms with van der Waals surface area (Å²) < 4.78 is 9.74. The van der Waals surface area contributed by atoms with Crippen molar-refractivity contribution in [3.05, 3.63) is 0 Å². The molecule has 1 saturated carbocycles. The summed E-state index contributed by atoms with van der Waals surface area (Å²) >= 11 is 0. The Hall–Kier alpha value is -0.610. The fraction of sp³-hybridized carbons (Fsp3) is 0.875. The van der Waals surface area contributed by atoms with Crippen LogP contribution in [-0.2, 0) is 14.3 Å². The minimum absolute atomic E-state index is 0.0394. The molecule has 12 heavy (non-hydrogen) atoms. The van der Waals surface area contributed by atoms with Crippen LogP contribution >= 0.6 is 0 Å². The van der Waals surface area contributed by atoms with E-state index in [0.29, 0.717) is 6.42 Å². The van der Waals surface area contributed by atoms with Gasteiger partial charge in [0, 0.05) is 12.3 Å². The first-order valence-corrected chi connectivity index (χ1v) is 4.12. The standard InChI is InChI=1S/C8H12O4/c1-11-7(10)2-4-5(9)3-6-8(4)12-6/h4-6,8-9H,2-3H2,1H3/t4-,5-,6+,8-/m1/s1. The highest BCUT2D eigenvalue weighted by Gasteiger charge is 2.55. The van der Waals surface area contributed by atoms with Crippen molar-refractivity contribution in [2.75, 3.05) is 7.11 Å². The van der Waals surface area contributed by atoms with Gasteiger partial charge in [-0.1, -0.05) is 0 Å². The number of aliphatic hydroxyl groups excluding tert-OH is 1. The number of aliphatic hydroxyl groups is 1. The average Bonchev–Trinajstić information content (AvgIpc) is 2.73. The van der Waals surface area contributed by atoms with Crippen molar-refractivity contribution < 1.29 is 19.4 Å². The molecule has 4 nitrogen and oxygen atoms in total. The van der Waals surface area contributed by atoms with E-state index in [1.54, 1.807) is 0 Å². The first kappa shape index (κ1) is 8.01. The molecule has 68 valence electrons. The van der Waals surface area contributed by atoms with Crippen molar-refractivity contribution in [2.24, 2.45) is 5.92 Å². The third kappa shape index (κ3) is 1.21. The summed E-state index contributed by atoms with van der Waals surface area (Å²) in [6.45, 7) is 0. The van der Waals surface area contributed by atoms with Crippen LogP contribution in [0.25, 0.3) is 0 Å². The minimum atomic E-state index is -0.382. The van der Waals surface area contributed by atoms with E-state index in [1.165, 1.54) is 7.11 Å². The molecular formula is C8H12O4. The summed E-state index contributed by atoms with van der Waals surface area (Å²) in [5, 5.41) is 9.45. The maximum absolute atomic E-state index is 10.9. The normalized spacial score (nSPS) is 43.8. The van der Waals surface area contributed by atoms with Gasteiger partial charge in [-0.3, -0.25) is 4.79 Å². The van der Waals surface area contributed by atoms with Crippen LogP contribution in [0.1, 0.15) is 12.8 Å². The van der Waals surface area contributed by atoms with E-state index in [4.69, 9.17) is 4.74 Å². The number of methoxy groups -OCH3 is 1.